The number of esters is 1. The highest BCUT2D eigenvalue weighted by molar-refractivity contribution is 7.89. The van der Waals surface area contributed by atoms with Crippen molar-refractivity contribution in [2.24, 2.45) is 0 Å². The van der Waals surface area contributed by atoms with Crippen molar-refractivity contribution < 1.29 is 27.5 Å². The number of hydrogen-bond acceptors (Lipinski definition) is 6. The number of hydrogen-bond donors (Lipinski definition) is 0. The van der Waals surface area contributed by atoms with Gasteiger partial charge in [0.1, 0.15) is 4.90 Å². The number of nitrogens with zero attached hydrogens (tertiary/aromatic N) is 2. The lowest BCUT2D eigenvalue weighted by Crippen LogP contribution is -2.40. The van der Waals surface area contributed by atoms with E-state index in [0.717, 1.165) is 17.2 Å². The van der Waals surface area contributed by atoms with Crippen LogP contribution in [0.1, 0.15) is 21.5 Å². The third-order valence-corrected chi connectivity index (χ3v) is 8.62. The highest BCUT2D eigenvalue weighted by Crippen LogP contribution is 2.31. The molecule has 1 amide bonds. The van der Waals surface area contributed by atoms with E-state index in [1.807, 2.05) is 60.7 Å². The van der Waals surface area contributed by atoms with Crippen molar-refractivity contribution in [3.8, 4) is 0 Å². The number of carbonyl (C=O) groups is 2. The average Bonchev–Trinajstić information content (AvgIpc) is 2.92. The number of ether oxygens (including phenoxy) is 2. The second kappa shape index (κ2) is 12.7. The quantitative estimate of drug-likeness (QED) is 0.350. The monoisotopic (exact) mass is 576 g/mol. The smallest absolute Gasteiger partial charge is 0.340 e. The summed E-state index contributed by atoms with van der Waals surface area (Å²) in [4.78, 5) is 27.4. The second-order valence-electron chi connectivity index (χ2n) is 8.58. The van der Waals surface area contributed by atoms with E-state index in [9.17, 15) is 18.0 Å². The first-order valence-corrected chi connectivity index (χ1v) is 14.0. The Hall–Kier alpha value is -2.95. The standard InChI is InChI=1S/C27H26Cl2N2O6S/c28-23-16-24(29)25(38(34,35)31-11-13-36-14-12-31)15-22(23)27(33)37-19-26(32)30(17-20-7-3-1-4-8-20)18-21-9-5-2-6-10-21/h1-10,15-16H,11-14,17-19H2. The van der Waals surface area contributed by atoms with Crippen molar-refractivity contribution in [3.63, 3.8) is 0 Å². The molecule has 8 nitrogen and oxygen atoms in total. The lowest BCUT2D eigenvalue weighted by molar-refractivity contribution is -0.135. The van der Waals surface area contributed by atoms with Crippen LogP contribution in [0.25, 0.3) is 0 Å². The van der Waals surface area contributed by atoms with Gasteiger partial charge in [-0.3, -0.25) is 4.79 Å². The Morgan fingerprint density at radius 3 is 1.97 bits per heavy atom. The Balaban J connectivity index is 1.50. The van der Waals surface area contributed by atoms with Gasteiger partial charge in [0.25, 0.3) is 5.91 Å². The molecule has 0 bridgehead atoms. The van der Waals surface area contributed by atoms with Crippen LogP contribution in [-0.2, 0) is 37.4 Å². The summed E-state index contributed by atoms with van der Waals surface area (Å²) in [6.07, 6.45) is 0. The van der Waals surface area contributed by atoms with E-state index in [0.29, 0.717) is 13.1 Å². The predicted octanol–water partition coefficient (Wildman–Crippen LogP) is 4.40. The lowest BCUT2D eigenvalue weighted by Gasteiger charge is -2.26. The molecule has 0 radical (unpaired) electrons. The van der Waals surface area contributed by atoms with Gasteiger partial charge in [-0.1, -0.05) is 83.9 Å². The maximum absolute atomic E-state index is 13.1. The number of halogens is 2. The maximum atomic E-state index is 13.1. The topological polar surface area (TPSA) is 93.2 Å². The Kier molecular flexibility index (Phi) is 9.40. The van der Waals surface area contributed by atoms with Crippen LogP contribution in [0, 0.1) is 0 Å². The molecule has 1 aliphatic heterocycles. The Bertz CT molecular complexity index is 1340. The van der Waals surface area contributed by atoms with Gasteiger partial charge < -0.3 is 14.4 Å². The minimum absolute atomic E-state index is 0.0844. The van der Waals surface area contributed by atoms with Crippen LogP contribution in [0.2, 0.25) is 10.0 Å². The summed E-state index contributed by atoms with van der Waals surface area (Å²) in [7, 11) is -4.00. The van der Waals surface area contributed by atoms with Gasteiger partial charge in [0.15, 0.2) is 6.61 Å². The molecule has 4 rings (SSSR count). The number of benzene rings is 3. The van der Waals surface area contributed by atoms with Crippen molar-refractivity contribution >= 4 is 45.1 Å². The van der Waals surface area contributed by atoms with Gasteiger partial charge >= 0.3 is 5.97 Å². The van der Waals surface area contributed by atoms with Gasteiger partial charge in [0.05, 0.1) is 28.8 Å². The third-order valence-electron chi connectivity index (χ3n) is 5.94. The largest absolute Gasteiger partial charge is 0.452 e. The lowest BCUT2D eigenvalue weighted by atomic mass is 10.1. The minimum Gasteiger partial charge on any atom is -0.452 e. The Labute approximate surface area is 231 Å². The van der Waals surface area contributed by atoms with Crippen LogP contribution >= 0.6 is 23.2 Å². The first kappa shape index (κ1) is 28.1. The van der Waals surface area contributed by atoms with Gasteiger partial charge in [-0.25, -0.2) is 13.2 Å². The Morgan fingerprint density at radius 1 is 0.868 bits per heavy atom. The van der Waals surface area contributed by atoms with E-state index in [-0.39, 0.29) is 46.8 Å². The molecular weight excluding hydrogens is 551 g/mol. The van der Waals surface area contributed by atoms with E-state index in [2.05, 4.69) is 0 Å². The molecule has 200 valence electrons. The van der Waals surface area contributed by atoms with Crippen molar-refractivity contribution in [2.45, 2.75) is 18.0 Å². The van der Waals surface area contributed by atoms with E-state index in [4.69, 9.17) is 32.7 Å². The highest BCUT2D eigenvalue weighted by atomic mass is 35.5. The van der Waals surface area contributed by atoms with Crippen LogP contribution in [0.4, 0.5) is 0 Å². The number of sulfonamides is 1. The molecule has 0 unspecified atom stereocenters. The van der Waals surface area contributed by atoms with Crippen molar-refractivity contribution in [1.29, 1.82) is 0 Å². The van der Waals surface area contributed by atoms with Gasteiger partial charge in [0, 0.05) is 26.2 Å². The zero-order valence-electron chi connectivity index (χ0n) is 20.4. The summed E-state index contributed by atoms with van der Waals surface area (Å²) in [5.41, 5.74) is 1.64. The molecule has 3 aromatic rings. The fourth-order valence-corrected chi connectivity index (χ4v) is 6.18. The molecule has 11 heteroatoms. The van der Waals surface area contributed by atoms with Crippen molar-refractivity contribution in [2.75, 3.05) is 32.9 Å². The average molecular weight is 577 g/mol. The molecule has 38 heavy (non-hydrogen) atoms. The zero-order valence-corrected chi connectivity index (χ0v) is 22.7. The predicted molar refractivity (Wildman–Crippen MR) is 143 cm³/mol. The molecule has 0 saturated carbocycles. The SMILES string of the molecule is O=C(OCC(=O)N(Cc1ccccc1)Cc1ccccc1)c1cc(S(=O)(=O)N2CCOCC2)c(Cl)cc1Cl. The zero-order chi connectivity index (χ0) is 27.1. The maximum Gasteiger partial charge on any atom is 0.340 e. The van der Waals surface area contributed by atoms with E-state index in [1.165, 1.54) is 10.4 Å². The van der Waals surface area contributed by atoms with Crippen LogP contribution in [0.3, 0.4) is 0 Å². The van der Waals surface area contributed by atoms with Crippen LogP contribution in [0.15, 0.2) is 77.7 Å². The summed E-state index contributed by atoms with van der Waals surface area (Å²) in [6.45, 7) is 0.908. The molecular formula is C27H26Cl2N2O6S. The number of carbonyl (C=O) groups excluding carboxylic acids is 2. The van der Waals surface area contributed by atoms with E-state index >= 15 is 0 Å². The van der Waals surface area contributed by atoms with Crippen molar-refractivity contribution in [3.05, 3.63) is 99.5 Å². The van der Waals surface area contributed by atoms with Gasteiger partial charge in [-0.05, 0) is 23.3 Å². The molecule has 0 atom stereocenters. The number of morpholine rings is 1. The van der Waals surface area contributed by atoms with Crippen LogP contribution in [0.5, 0.6) is 0 Å². The number of amides is 1. The first-order valence-electron chi connectivity index (χ1n) is 11.9. The summed E-state index contributed by atoms with van der Waals surface area (Å²) in [6, 6.07) is 21.2. The van der Waals surface area contributed by atoms with Crippen molar-refractivity contribution in [1.82, 2.24) is 9.21 Å². The normalized spacial score (nSPS) is 14.2. The molecule has 0 aliphatic carbocycles. The summed E-state index contributed by atoms with van der Waals surface area (Å²) in [5, 5.41) is -0.204. The molecule has 1 fully saturated rings. The molecule has 0 N–H and O–H groups in total. The summed E-state index contributed by atoms with van der Waals surface area (Å²) in [5.74, 6) is -1.35. The van der Waals surface area contributed by atoms with Gasteiger partial charge in [-0.15, -0.1) is 0 Å². The molecule has 0 spiro atoms. The molecule has 3 aromatic carbocycles. The fraction of sp³-hybridized carbons (Fsp3) is 0.259. The van der Waals surface area contributed by atoms with Gasteiger partial charge in [-0.2, -0.15) is 4.31 Å². The fourth-order valence-electron chi connectivity index (χ4n) is 3.95. The summed E-state index contributed by atoms with van der Waals surface area (Å²) < 4.78 is 38.0. The molecule has 0 aromatic heterocycles. The number of rotatable bonds is 9. The van der Waals surface area contributed by atoms with Crippen LogP contribution < -0.4 is 0 Å². The van der Waals surface area contributed by atoms with Gasteiger partial charge in [0.2, 0.25) is 10.0 Å². The first-order chi connectivity index (χ1) is 18.3. The second-order valence-corrected chi connectivity index (χ2v) is 11.3. The highest BCUT2D eigenvalue weighted by Gasteiger charge is 2.30. The minimum atomic E-state index is -4.00. The molecule has 1 heterocycles. The molecule has 1 aliphatic rings. The Morgan fingerprint density at radius 2 is 1.42 bits per heavy atom. The van der Waals surface area contributed by atoms with E-state index in [1.54, 1.807) is 4.90 Å². The summed E-state index contributed by atoms with van der Waals surface area (Å²) >= 11 is 12.4. The van der Waals surface area contributed by atoms with Crippen LogP contribution in [-0.4, -0.2) is 62.4 Å². The van der Waals surface area contributed by atoms with E-state index < -0.39 is 28.5 Å². The molecule has 1 saturated heterocycles. The third kappa shape index (κ3) is 6.92.